The summed E-state index contributed by atoms with van der Waals surface area (Å²) in [6.07, 6.45) is 0. The molecule has 0 fully saturated rings. The first-order valence-electron chi connectivity index (χ1n) is 17.4. The normalized spacial score (nSPS) is 11.5. The molecule has 0 atom stereocenters. The molecule has 2 heterocycles. The zero-order chi connectivity index (χ0) is 33.7. The van der Waals surface area contributed by atoms with Crippen molar-refractivity contribution < 1.29 is 0 Å². The Morgan fingerprint density at radius 2 is 0.843 bits per heavy atom. The molecule has 2 nitrogen and oxygen atoms in total. The lowest BCUT2D eigenvalue weighted by Crippen LogP contribution is -2.09. The van der Waals surface area contributed by atoms with Gasteiger partial charge in [0.25, 0.3) is 0 Å². The van der Waals surface area contributed by atoms with Gasteiger partial charge in [0, 0.05) is 48.0 Å². The lowest BCUT2D eigenvalue weighted by Gasteiger charge is -2.26. The van der Waals surface area contributed by atoms with Gasteiger partial charge in [-0.3, -0.25) is 0 Å². The van der Waals surface area contributed by atoms with Crippen LogP contribution in [0.5, 0.6) is 0 Å². The van der Waals surface area contributed by atoms with Crippen LogP contribution < -0.4 is 4.90 Å². The van der Waals surface area contributed by atoms with Gasteiger partial charge in [-0.2, -0.15) is 0 Å². The van der Waals surface area contributed by atoms with Crippen LogP contribution in [0.2, 0.25) is 0 Å². The maximum absolute atomic E-state index is 2.45. The zero-order valence-corrected chi connectivity index (χ0v) is 28.6. The van der Waals surface area contributed by atoms with Gasteiger partial charge in [0.15, 0.2) is 0 Å². The summed E-state index contributed by atoms with van der Waals surface area (Å²) in [5.41, 5.74) is 11.9. The third-order valence-corrected chi connectivity index (χ3v) is 11.1. The lowest BCUT2D eigenvalue weighted by atomic mass is 10.0. The second-order valence-corrected chi connectivity index (χ2v) is 14.0. The molecule has 0 aliphatic rings. The Kier molecular flexibility index (Phi) is 7.04. The second kappa shape index (κ2) is 12.2. The number of aromatic nitrogens is 1. The molecule has 0 saturated carbocycles. The number of anilines is 3. The van der Waals surface area contributed by atoms with E-state index in [1.54, 1.807) is 0 Å². The standard InChI is InChI=1S/C48H32N2S/c1-3-12-33(13-4-1)35-22-26-37(27-23-35)49(38-28-24-36(25-29-38)34-14-5-2-6-15-34)39-30-31-42-47(32-39)51-46-21-11-20-45(48(42)46)50-43-18-9-7-16-40(43)41-17-8-10-19-44(41)50/h1-32H. The van der Waals surface area contributed by atoms with E-state index >= 15 is 0 Å². The summed E-state index contributed by atoms with van der Waals surface area (Å²) in [4.78, 5) is 2.38. The topological polar surface area (TPSA) is 8.17 Å². The highest BCUT2D eigenvalue weighted by molar-refractivity contribution is 7.26. The Morgan fingerprint density at radius 1 is 0.353 bits per heavy atom. The van der Waals surface area contributed by atoms with Gasteiger partial charge in [-0.1, -0.05) is 133 Å². The minimum Gasteiger partial charge on any atom is -0.310 e. The molecule has 3 heteroatoms. The fourth-order valence-corrected chi connectivity index (χ4v) is 8.78. The number of nitrogens with zero attached hydrogens (tertiary/aromatic N) is 2. The van der Waals surface area contributed by atoms with Gasteiger partial charge in [-0.25, -0.2) is 0 Å². The number of benzene rings is 8. The lowest BCUT2D eigenvalue weighted by molar-refractivity contribution is 1.20. The van der Waals surface area contributed by atoms with Crippen LogP contribution in [0.3, 0.4) is 0 Å². The third-order valence-electron chi connectivity index (χ3n) is 10.0. The van der Waals surface area contributed by atoms with Crippen LogP contribution in [-0.2, 0) is 0 Å². The zero-order valence-electron chi connectivity index (χ0n) is 27.8. The first-order chi connectivity index (χ1) is 25.3. The Balaban J connectivity index is 1.13. The molecule has 0 bridgehead atoms. The van der Waals surface area contributed by atoms with Crippen LogP contribution in [-0.4, -0.2) is 4.57 Å². The SMILES string of the molecule is c1ccc(-c2ccc(N(c3ccc(-c4ccccc4)cc3)c3ccc4c(c3)sc3cccc(-n5c6ccccc6c6ccccc65)c34)cc2)cc1. The molecular weight excluding hydrogens is 637 g/mol. The molecule has 10 rings (SSSR count). The second-order valence-electron chi connectivity index (χ2n) is 13.0. The first kappa shape index (κ1) is 29.5. The summed E-state index contributed by atoms with van der Waals surface area (Å²) in [5.74, 6) is 0. The number of hydrogen-bond acceptors (Lipinski definition) is 2. The predicted octanol–water partition coefficient (Wildman–Crippen LogP) is 14.0. The van der Waals surface area contributed by atoms with E-state index in [-0.39, 0.29) is 0 Å². The van der Waals surface area contributed by atoms with Crippen LogP contribution in [0.4, 0.5) is 17.1 Å². The van der Waals surface area contributed by atoms with Gasteiger partial charge in [-0.15, -0.1) is 11.3 Å². The highest BCUT2D eigenvalue weighted by Gasteiger charge is 2.19. The van der Waals surface area contributed by atoms with E-state index in [2.05, 4.69) is 204 Å². The molecule has 51 heavy (non-hydrogen) atoms. The van der Waals surface area contributed by atoms with Crippen LogP contribution >= 0.6 is 11.3 Å². The fourth-order valence-electron chi connectivity index (χ4n) is 7.62. The summed E-state index contributed by atoms with van der Waals surface area (Å²) >= 11 is 1.87. The molecule has 0 unspecified atom stereocenters. The maximum atomic E-state index is 2.45. The van der Waals surface area contributed by atoms with Crippen molar-refractivity contribution in [2.75, 3.05) is 4.90 Å². The molecule has 2 aromatic heterocycles. The number of hydrogen-bond donors (Lipinski definition) is 0. The van der Waals surface area contributed by atoms with Crippen molar-refractivity contribution in [1.82, 2.24) is 4.57 Å². The Labute approximate surface area is 300 Å². The smallest absolute Gasteiger partial charge is 0.0555 e. The van der Waals surface area contributed by atoms with Crippen LogP contribution in [0.15, 0.2) is 194 Å². The molecular formula is C48H32N2S. The van der Waals surface area contributed by atoms with Gasteiger partial charge >= 0.3 is 0 Å². The molecule has 240 valence electrons. The predicted molar refractivity (Wildman–Crippen MR) is 219 cm³/mol. The van der Waals surface area contributed by atoms with E-state index in [1.165, 1.54) is 69.9 Å². The minimum atomic E-state index is 1.12. The van der Waals surface area contributed by atoms with Crippen molar-refractivity contribution in [3.63, 3.8) is 0 Å². The first-order valence-corrected chi connectivity index (χ1v) is 18.2. The average Bonchev–Trinajstić information content (AvgIpc) is 3.75. The number of para-hydroxylation sites is 2. The van der Waals surface area contributed by atoms with Gasteiger partial charge in [0.1, 0.15) is 0 Å². The Hall–Kier alpha value is -6.42. The van der Waals surface area contributed by atoms with Crippen molar-refractivity contribution in [1.29, 1.82) is 0 Å². The Bertz CT molecular complexity index is 2690. The monoisotopic (exact) mass is 668 g/mol. The third kappa shape index (κ3) is 5.01. The number of fused-ring (bicyclic) bond motifs is 6. The summed E-state index contributed by atoms with van der Waals surface area (Å²) in [6.45, 7) is 0. The summed E-state index contributed by atoms with van der Waals surface area (Å²) in [6, 6.07) is 70.3. The number of rotatable bonds is 6. The summed E-state index contributed by atoms with van der Waals surface area (Å²) < 4.78 is 5.00. The quantitative estimate of drug-likeness (QED) is 0.171. The fraction of sp³-hybridized carbons (Fsp3) is 0. The number of thiophene rings is 1. The van der Waals surface area contributed by atoms with Gasteiger partial charge in [0.2, 0.25) is 0 Å². The molecule has 0 amide bonds. The van der Waals surface area contributed by atoms with Crippen LogP contribution in [0.1, 0.15) is 0 Å². The summed E-state index contributed by atoms with van der Waals surface area (Å²) in [7, 11) is 0. The highest BCUT2D eigenvalue weighted by atomic mass is 32.1. The van der Waals surface area contributed by atoms with Gasteiger partial charge in [-0.05, 0) is 82.9 Å². The molecule has 0 radical (unpaired) electrons. The molecule has 0 aliphatic carbocycles. The van der Waals surface area contributed by atoms with E-state index in [9.17, 15) is 0 Å². The van der Waals surface area contributed by atoms with Gasteiger partial charge in [0.05, 0.1) is 16.7 Å². The van der Waals surface area contributed by atoms with Gasteiger partial charge < -0.3 is 9.47 Å². The molecule has 0 saturated heterocycles. The van der Waals surface area contributed by atoms with Crippen LogP contribution in [0.25, 0.3) is 69.9 Å². The van der Waals surface area contributed by atoms with E-state index in [0.29, 0.717) is 0 Å². The maximum Gasteiger partial charge on any atom is 0.0555 e. The van der Waals surface area contributed by atoms with Crippen molar-refractivity contribution in [2.45, 2.75) is 0 Å². The van der Waals surface area contributed by atoms with E-state index in [0.717, 1.165) is 17.1 Å². The molecule has 0 spiro atoms. The Morgan fingerprint density at radius 3 is 1.41 bits per heavy atom. The highest BCUT2D eigenvalue weighted by Crippen LogP contribution is 2.44. The van der Waals surface area contributed by atoms with Crippen LogP contribution in [0, 0.1) is 0 Å². The van der Waals surface area contributed by atoms with Crippen molar-refractivity contribution in [3.8, 4) is 27.9 Å². The van der Waals surface area contributed by atoms with Crippen molar-refractivity contribution >= 4 is 70.4 Å². The minimum absolute atomic E-state index is 1.12. The molecule has 0 aliphatic heterocycles. The van der Waals surface area contributed by atoms with Crippen molar-refractivity contribution in [3.05, 3.63) is 194 Å². The van der Waals surface area contributed by atoms with E-state index < -0.39 is 0 Å². The average molecular weight is 669 g/mol. The molecule has 8 aromatic carbocycles. The largest absolute Gasteiger partial charge is 0.310 e. The summed E-state index contributed by atoms with van der Waals surface area (Å²) in [5, 5.41) is 5.12. The molecule has 10 aromatic rings. The van der Waals surface area contributed by atoms with E-state index in [4.69, 9.17) is 0 Å². The molecule has 0 N–H and O–H groups in total. The van der Waals surface area contributed by atoms with E-state index in [1.807, 2.05) is 11.3 Å². The van der Waals surface area contributed by atoms with Crippen molar-refractivity contribution in [2.24, 2.45) is 0 Å².